The highest BCUT2D eigenvalue weighted by Gasteiger charge is 2.25. The third-order valence-electron chi connectivity index (χ3n) is 5.96. The van der Waals surface area contributed by atoms with Gasteiger partial charge >= 0.3 is 0 Å². The maximum atomic E-state index is 14.4. The lowest BCUT2D eigenvalue weighted by Crippen LogP contribution is -2.32. The van der Waals surface area contributed by atoms with Crippen molar-refractivity contribution in [1.29, 1.82) is 0 Å². The summed E-state index contributed by atoms with van der Waals surface area (Å²) >= 11 is 0. The third kappa shape index (κ3) is 7.50. The predicted octanol–water partition coefficient (Wildman–Crippen LogP) is 6.05. The first kappa shape index (κ1) is 29.0. The number of hydrogen-bond donors (Lipinski definition) is 1. The second-order valence-corrected chi connectivity index (χ2v) is 11.3. The van der Waals surface area contributed by atoms with Gasteiger partial charge in [-0.3, -0.25) is 4.79 Å². The van der Waals surface area contributed by atoms with Gasteiger partial charge in [0.25, 0.3) is 15.9 Å². The molecule has 0 saturated carbocycles. The van der Waals surface area contributed by atoms with Crippen LogP contribution in [0.3, 0.4) is 0 Å². The first-order chi connectivity index (χ1) is 17.9. The quantitative estimate of drug-likeness (QED) is 0.311. The number of carbonyl (C=O) groups is 1. The topological polar surface area (TPSA) is 107 Å². The minimum Gasteiger partial charge on any atom is -0.493 e. The maximum Gasteiger partial charge on any atom is 0.281 e. The molecule has 2 unspecified atom stereocenters. The van der Waals surface area contributed by atoms with Crippen LogP contribution >= 0.6 is 0 Å². The van der Waals surface area contributed by atoms with Gasteiger partial charge in [0.15, 0.2) is 5.03 Å². The fourth-order valence-electron chi connectivity index (χ4n) is 3.44. The minimum atomic E-state index is -4.24. The van der Waals surface area contributed by atoms with Crippen LogP contribution < -0.4 is 14.2 Å². The molecule has 10 heteroatoms. The molecule has 2 aromatic heterocycles. The van der Waals surface area contributed by atoms with Crippen LogP contribution in [-0.4, -0.2) is 37.0 Å². The summed E-state index contributed by atoms with van der Waals surface area (Å²) in [7, 11) is -4.24. The number of carbonyl (C=O) groups excluding carboxylic acids is 1. The number of halogens is 1. The van der Waals surface area contributed by atoms with E-state index in [1.807, 2.05) is 39.3 Å². The van der Waals surface area contributed by atoms with Gasteiger partial charge in [-0.1, -0.05) is 40.2 Å². The van der Waals surface area contributed by atoms with E-state index in [0.29, 0.717) is 29.3 Å². The molecule has 1 N–H and O–H groups in total. The first-order valence-corrected chi connectivity index (χ1v) is 14.0. The van der Waals surface area contributed by atoms with E-state index in [-0.39, 0.29) is 37.3 Å². The van der Waals surface area contributed by atoms with Gasteiger partial charge in [0.1, 0.15) is 23.2 Å². The Morgan fingerprint density at radius 3 is 2.47 bits per heavy atom. The van der Waals surface area contributed by atoms with Gasteiger partial charge in [-0.05, 0) is 62.1 Å². The number of rotatable bonds is 11. The first-order valence-electron chi connectivity index (χ1n) is 12.5. The van der Waals surface area contributed by atoms with Crippen LogP contribution in [0.1, 0.15) is 59.9 Å². The van der Waals surface area contributed by atoms with Crippen LogP contribution in [0, 0.1) is 24.6 Å². The van der Waals surface area contributed by atoms with Crippen molar-refractivity contribution in [2.75, 3.05) is 6.61 Å². The lowest BCUT2D eigenvalue weighted by molar-refractivity contribution is 0.0966. The van der Waals surface area contributed by atoms with E-state index in [0.717, 1.165) is 6.42 Å². The molecule has 0 aliphatic rings. The molecule has 0 spiro atoms. The molecule has 0 aliphatic carbocycles. The number of ether oxygens (including phenoxy) is 2. The Labute approximate surface area is 226 Å². The zero-order valence-corrected chi connectivity index (χ0v) is 23.3. The van der Waals surface area contributed by atoms with E-state index in [1.165, 1.54) is 36.4 Å². The molecule has 0 fully saturated rings. The van der Waals surface area contributed by atoms with E-state index < -0.39 is 21.7 Å². The number of sulfonamides is 1. The number of aryl methyl sites for hydroxylation is 1. The molecule has 0 radical (unpaired) electrons. The minimum absolute atomic E-state index is 0. The number of pyridine rings is 2. The van der Waals surface area contributed by atoms with Gasteiger partial charge in [0, 0.05) is 20.2 Å². The van der Waals surface area contributed by atoms with Gasteiger partial charge in [-0.15, -0.1) is 0 Å². The number of nitrogens with zero attached hydrogens (tertiary/aromatic N) is 2. The van der Waals surface area contributed by atoms with Gasteiger partial charge in [-0.2, -0.15) is 8.42 Å². The van der Waals surface area contributed by atoms with Crippen LogP contribution in [0.2, 0.25) is 0 Å². The Balaban J connectivity index is 0.00000400. The summed E-state index contributed by atoms with van der Waals surface area (Å²) in [5.74, 6) is -0.748. The summed E-state index contributed by atoms with van der Waals surface area (Å²) in [4.78, 5) is 21.6. The summed E-state index contributed by atoms with van der Waals surface area (Å²) in [5, 5.41) is -0.278. The normalized spacial score (nSPS) is 13.2. The predicted molar refractivity (Wildman–Crippen MR) is 147 cm³/mol. The molecule has 8 nitrogen and oxygen atoms in total. The number of amides is 1. The summed E-state index contributed by atoms with van der Waals surface area (Å²) in [6.07, 6.45) is 0.484. The molecular formula is C28H38FN3O5S. The van der Waals surface area contributed by atoms with Gasteiger partial charge in [0.05, 0.1) is 12.3 Å². The SMILES string of the molecule is CCC(C)C(C)Oc1nc(-c2cc(F)cc(OCC(C)C)c2)ccc1C(=O)NS(=O)(=O)c1cccc(C)n1.[HH].[HH]. The second-order valence-electron chi connectivity index (χ2n) is 9.69. The average molecular weight is 548 g/mol. The number of hydrogen-bond acceptors (Lipinski definition) is 7. The Bertz CT molecular complexity index is 1410. The van der Waals surface area contributed by atoms with Crippen LogP contribution in [0.15, 0.2) is 53.6 Å². The zero-order valence-electron chi connectivity index (χ0n) is 22.5. The van der Waals surface area contributed by atoms with Gasteiger partial charge < -0.3 is 9.47 Å². The largest absolute Gasteiger partial charge is 0.493 e. The number of aromatic nitrogens is 2. The Morgan fingerprint density at radius 1 is 1.08 bits per heavy atom. The third-order valence-corrected chi connectivity index (χ3v) is 7.20. The Kier molecular flexibility index (Phi) is 9.43. The molecule has 1 aromatic carbocycles. The Morgan fingerprint density at radius 2 is 1.82 bits per heavy atom. The van der Waals surface area contributed by atoms with E-state index >= 15 is 0 Å². The monoisotopic (exact) mass is 547 g/mol. The van der Waals surface area contributed by atoms with E-state index in [2.05, 4.69) is 9.97 Å². The molecule has 0 saturated heterocycles. The Hall–Kier alpha value is -3.53. The molecule has 208 valence electrons. The van der Waals surface area contributed by atoms with E-state index in [4.69, 9.17) is 9.47 Å². The number of benzene rings is 1. The van der Waals surface area contributed by atoms with Crippen molar-refractivity contribution >= 4 is 15.9 Å². The van der Waals surface area contributed by atoms with E-state index in [1.54, 1.807) is 19.1 Å². The highest BCUT2D eigenvalue weighted by atomic mass is 32.2. The standard InChI is InChI=1S/C28H34FN3O5S.2H2/c1-7-18(4)20(6)37-28-24(27(33)32-38(34,35)26-10-8-9-19(5)30-26)11-12-25(31-28)21-13-22(29)15-23(14-21)36-16-17(2)3;;/h8-15,17-18,20H,7,16H2,1-6H3,(H,32,33);2*1H. The summed E-state index contributed by atoms with van der Waals surface area (Å²) in [6.45, 7) is 11.9. The van der Waals surface area contributed by atoms with E-state index in [9.17, 15) is 17.6 Å². The van der Waals surface area contributed by atoms with Crippen molar-refractivity contribution in [1.82, 2.24) is 14.7 Å². The van der Waals surface area contributed by atoms with Crippen molar-refractivity contribution in [2.45, 2.75) is 59.1 Å². The van der Waals surface area contributed by atoms with Crippen LogP contribution in [0.5, 0.6) is 11.6 Å². The molecule has 38 heavy (non-hydrogen) atoms. The lowest BCUT2D eigenvalue weighted by atomic mass is 10.0. The molecule has 3 rings (SSSR count). The summed E-state index contributed by atoms with van der Waals surface area (Å²) < 4.78 is 53.8. The van der Waals surface area contributed by atoms with Crippen molar-refractivity contribution < 1.29 is 29.9 Å². The van der Waals surface area contributed by atoms with Crippen LogP contribution in [0.4, 0.5) is 4.39 Å². The van der Waals surface area contributed by atoms with Crippen LogP contribution in [0.25, 0.3) is 11.3 Å². The smallest absolute Gasteiger partial charge is 0.281 e. The molecule has 1 amide bonds. The molecular weight excluding hydrogens is 509 g/mol. The lowest BCUT2D eigenvalue weighted by Gasteiger charge is -2.21. The average Bonchev–Trinajstić information content (AvgIpc) is 2.86. The van der Waals surface area contributed by atoms with Crippen molar-refractivity contribution in [2.24, 2.45) is 11.8 Å². The fourth-order valence-corrected chi connectivity index (χ4v) is 4.42. The van der Waals surface area contributed by atoms with Crippen molar-refractivity contribution in [3.8, 4) is 22.9 Å². The van der Waals surface area contributed by atoms with Gasteiger partial charge in [0.2, 0.25) is 5.88 Å². The molecule has 0 bridgehead atoms. The molecule has 3 aromatic rings. The second kappa shape index (κ2) is 12.3. The number of nitrogens with one attached hydrogen (secondary N) is 1. The summed E-state index contributed by atoms with van der Waals surface area (Å²) in [6, 6.07) is 11.7. The summed E-state index contributed by atoms with van der Waals surface area (Å²) in [5.41, 5.74) is 1.18. The van der Waals surface area contributed by atoms with Crippen LogP contribution in [-0.2, 0) is 10.0 Å². The highest BCUT2D eigenvalue weighted by Crippen LogP contribution is 2.29. The molecule has 2 heterocycles. The van der Waals surface area contributed by atoms with Gasteiger partial charge in [-0.25, -0.2) is 19.1 Å². The maximum absolute atomic E-state index is 14.4. The molecule has 2 atom stereocenters. The molecule has 0 aliphatic heterocycles. The van der Waals surface area contributed by atoms with Crippen molar-refractivity contribution in [3.63, 3.8) is 0 Å². The zero-order chi connectivity index (χ0) is 28.0. The highest BCUT2D eigenvalue weighted by molar-refractivity contribution is 7.90. The fraction of sp³-hybridized carbons (Fsp3) is 0.393. The van der Waals surface area contributed by atoms with Crippen molar-refractivity contribution in [3.05, 3.63) is 65.6 Å².